The summed E-state index contributed by atoms with van der Waals surface area (Å²) >= 11 is 0. The third kappa shape index (κ3) is 5.40. The largest absolute Gasteiger partial charge is 0.481 e. The Hall–Kier alpha value is -3.22. The third-order valence-corrected chi connectivity index (χ3v) is 4.95. The van der Waals surface area contributed by atoms with E-state index in [1.807, 2.05) is 35.9 Å². The molecule has 7 heteroatoms. The molecule has 1 heterocycles. The Morgan fingerprint density at radius 3 is 2.69 bits per heavy atom. The number of fused-ring (bicyclic) bond motifs is 1. The van der Waals surface area contributed by atoms with Crippen molar-refractivity contribution >= 4 is 22.8 Å². The van der Waals surface area contributed by atoms with E-state index in [4.69, 9.17) is 5.11 Å². The number of hydrogen-bond acceptors (Lipinski definition) is 3. The van der Waals surface area contributed by atoms with Gasteiger partial charge in [-0.15, -0.1) is 0 Å². The normalized spacial score (nSPS) is 12.1. The fourth-order valence-corrected chi connectivity index (χ4v) is 3.46. The zero-order valence-corrected chi connectivity index (χ0v) is 16.3. The highest BCUT2D eigenvalue weighted by Gasteiger charge is 2.19. The number of carbonyl (C=O) groups is 2. The van der Waals surface area contributed by atoms with Crippen LogP contribution in [0.4, 0.5) is 4.39 Å². The van der Waals surface area contributed by atoms with Crippen molar-refractivity contribution in [1.29, 1.82) is 0 Å². The quantitative estimate of drug-likeness (QED) is 0.540. The highest BCUT2D eigenvalue weighted by Crippen LogP contribution is 2.24. The molecule has 2 N–H and O–H groups in total. The van der Waals surface area contributed by atoms with Crippen molar-refractivity contribution in [3.05, 3.63) is 65.6 Å². The summed E-state index contributed by atoms with van der Waals surface area (Å²) in [5, 5.41) is 17.6. The number of nitrogens with zero attached hydrogens (tertiary/aromatic N) is 2. The van der Waals surface area contributed by atoms with E-state index in [1.165, 1.54) is 18.2 Å². The SMILES string of the molecule is Cc1c2ccccc2nn1CCCNC(=O)CC(CC(=O)O)c1cccc(F)c1. The van der Waals surface area contributed by atoms with Crippen molar-refractivity contribution in [2.45, 2.75) is 38.6 Å². The first-order chi connectivity index (χ1) is 13.9. The van der Waals surface area contributed by atoms with Gasteiger partial charge in [-0.1, -0.05) is 30.3 Å². The van der Waals surface area contributed by atoms with Gasteiger partial charge in [-0.2, -0.15) is 5.10 Å². The van der Waals surface area contributed by atoms with Gasteiger partial charge in [-0.05, 0) is 37.1 Å². The summed E-state index contributed by atoms with van der Waals surface area (Å²) in [5.74, 6) is -2.28. The van der Waals surface area contributed by atoms with Crippen molar-refractivity contribution in [3.63, 3.8) is 0 Å². The number of aromatic nitrogens is 2. The number of carbonyl (C=O) groups excluding carboxylic acids is 1. The van der Waals surface area contributed by atoms with Crippen LogP contribution in [0, 0.1) is 12.7 Å². The second-order valence-electron chi connectivity index (χ2n) is 7.08. The zero-order chi connectivity index (χ0) is 20.8. The smallest absolute Gasteiger partial charge is 0.303 e. The predicted molar refractivity (Wildman–Crippen MR) is 108 cm³/mol. The Morgan fingerprint density at radius 1 is 1.17 bits per heavy atom. The van der Waals surface area contributed by atoms with Crippen LogP contribution in [0.15, 0.2) is 48.5 Å². The second-order valence-corrected chi connectivity index (χ2v) is 7.08. The number of halogens is 1. The number of carboxylic acid groups (broad SMARTS) is 1. The van der Waals surface area contributed by atoms with Crippen LogP contribution in [0.3, 0.4) is 0 Å². The van der Waals surface area contributed by atoms with E-state index in [0.29, 0.717) is 25.1 Å². The summed E-state index contributed by atoms with van der Waals surface area (Å²) in [5.41, 5.74) is 2.54. The van der Waals surface area contributed by atoms with Gasteiger partial charge in [0.25, 0.3) is 0 Å². The lowest BCUT2D eigenvalue weighted by Crippen LogP contribution is -2.27. The van der Waals surface area contributed by atoms with Crippen LogP contribution < -0.4 is 5.32 Å². The number of hydrogen-bond donors (Lipinski definition) is 2. The zero-order valence-electron chi connectivity index (χ0n) is 16.3. The van der Waals surface area contributed by atoms with Crippen LogP contribution in [0.1, 0.15) is 36.4 Å². The number of aryl methyl sites for hydroxylation is 2. The van der Waals surface area contributed by atoms with Crippen molar-refractivity contribution in [2.24, 2.45) is 0 Å². The van der Waals surface area contributed by atoms with Crippen molar-refractivity contribution < 1.29 is 19.1 Å². The van der Waals surface area contributed by atoms with E-state index in [9.17, 15) is 14.0 Å². The second kappa shape index (κ2) is 9.32. The van der Waals surface area contributed by atoms with Gasteiger partial charge in [0.2, 0.25) is 5.91 Å². The summed E-state index contributed by atoms with van der Waals surface area (Å²) < 4.78 is 15.4. The molecule has 1 atom stereocenters. The minimum atomic E-state index is -1.02. The Labute approximate surface area is 168 Å². The van der Waals surface area contributed by atoms with Crippen LogP contribution in [-0.4, -0.2) is 33.3 Å². The third-order valence-electron chi connectivity index (χ3n) is 4.95. The van der Waals surface area contributed by atoms with Crippen LogP contribution in [0.5, 0.6) is 0 Å². The van der Waals surface area contributed by atoms with Crippen LogP contribution in [0.2, 0.25) is 0 Å². The first-order valence-corrected chi connectivity index (χ1v) is 9.60. The number of carboxylic acids is 1. The Balaban J connectivity index is 1.52. The van der Waals surface area contributed by atoms with E-state index < -0.39 is 17.7 Å². The first-order valence-electron chi connectivity index (χ1n) is 9.60. The molecule has 0 aliphatic carbocycles. The van der Waals surface area contributed by atoms with Gasteiger partial charge >= 0.3 is 5.97 Å². The molecule has 2 aromatic carbocycles. The monoisotopic (exact) mass is 397 g/mol. The van der Waals surface area contributed by atoms with Crippen LogP contribution in [0.25, 0.3) is 10.9 Å². The lowest BCUT2D eigenvalue weighted by molar-refractivity contribution is -0.137. The van der Waals surface area contributed by atoms with E-state index in [2.05, 4.69) is 10.4 Å². The summed E-state index contributed by atoms with van der Waals surface area (Å²) in [7, 11) is 0. The molecule has 29 heavy (non-hydrogen) atoms. The van der Waals surface area contributed by atoms with Gasteiger partial charge in [0, 0.05) is 36.5 Å². The van der Waals surface area contributed by atoms with E-state index in [-0.39, 0.29) is 18.7 Å². The summed E-state index contributed by atoms with van der Waals surface area (Å²) in [4.78, 5) is 23.4. The topological polar surface area (TPSA) is 84.2 Å². The molecular formula is C22H24FN3O3. The number of aliphatic carboxylic acids is 1. The minimum absolute atomic E-state index is 0.000433. The van der Waals surface area contributed by atoms with Crippen LogP contribution in [-0.2, 0) is 16.1 Å². The molecule has 3 aromatic rings. The highest BCUT2D eigenvalue weighted by molar-refractivity contribution is 5.81. The summed E-state index contributed by atoms with van der Waals surface area (Å²) in [6.45, 7) is 3.14. The molecule has 0 saturated carbocycles. The summed E-state index contributed by atoms with van der Waals surface area (Å²) in [6, 6.07) is 13.7. The van der Waals surface area contributed by atoms with Crippen molar-refractivity contribution in [1.82, 2.24) is 15.1 Å². The molecule has 1 aromatic heterocycles. The minimum Gasteiger partial charge on any atom is -0.481 e. The first kappa shape index (κ1) is 20.5. The van der Waals surface area contributed by atoms with Crippen LogP contribution >= 0.6 is 0 Å². The molecule has 0 aliphatic rings. The van der Waals surface area contributed by atoms with Gasteiger partial charge in [0.05, 0.1) is 11.9 Å². The number of amides is 1. The molecular weight excluding hydrogens is 373 g/mol. The standard InChI is InChI=1S/C22H24FN3O3/c1-15-19-8-2-3-9-20(19)25-26(15)11-5-10-24-21(27)13-17(14-22(28)29)16-6-4-7-18(23)12-16/h2-4,6-9,12,17H,5,10-11,13-14H2,1H3,(H,24,27)(H,28,29). The molecule has 0 saturated heterocycles. The molecule has 0 radical (unpaired) electrons. The predicted octanol–water partition coefficient (Wildman–Crippen LogP) is 3.64. The van der Waals surface area contributed by atoms with Crippen molar-refractivity contribution in [2.75, 3.05) is 6.54 Å². The molecule has 0 aliphatic heterocycles. The Bertz CT molecular complexity index is 1020. The lowest BCUT2D eigenvalue weighted by atomic mass is 9.92. The Morgan fingerprint density at radius 2 is 1.97 bits per heavy atom. The molecule has 6 nitrogen and oxygen atoms in total. The van der Waals surface area contributed by atoms with Crippen molar-refractivity contribution in [3.8, 4) is 0 Å². The van der Waals surface area contributed by atoms with E-state index in [0.717, 1.165) is 16.6 Å². The number of benzene rings is 2. The highest BCUT2D eigenvalue weighted by atomic mass is 19.1. The van der Waals surface area contributed by atoms with Gasteiger partial charge in [0.15, 0.2) is 0 Å². The fourth-order valence-electron chi connectivity index (χ4n) is 3.46. The molecule has 3 rings (SSSR count). The molecule has 0 spiro atoms. The molecule has 152 valence electrons. The fraction of sp³-hybridized carbons (Fsp3) is 0.318. The molecule has 1 unspecified atom stereocenters. The number of rotatable bonds is 9. The van der Waals surface area contributed by atoms with Gasteiger partial charge in [-0.3, -0.25) is 14.3 Å². The molecule has 1 amide bonds. The number of nitrogens with one attached hydrogen (secondary N) is 1. The maximum atomic E-state index is 13.5. The molecule has 0 fully saturated rings. The Kier molecular flexibility index (Phi) is 6.59. The lowest BCUT2D eigenvalue weighted by Gasteiger charge is -2.15. The average Bonchev–Trinajstić information content (AvgIpc) is 3.00. The van der Waals surface area contributed by atoms with Gasteiger partial charge < -0.3 is 10.4 Å². The summed E-state index contributed by atoms with van der Waals surface area (Å²) in [6.07, 6.45) is 0.473. The van der Waals surface area contributed by atoms with Gasteiger partial charge in [0.1, 0.15) is 5.82 Å². The molecule has 0 bridgehead atoms. The van der Waals surface area contributed by atoms with E-state index in [1.54, 1.807) is 6.07 Å². The average molecular weight is 397 g/mol. The maximum Gasteiger partial charge on any atom is 0.303 e. The maximum absolute atomic E-state index is 13.5. The van der Waals surface area contributed by atoms with Gasteiger partial charge in [-0.25, -0.2) is 4.39 Å². The van der Waals surface area contributed by atoms with E-state index >= 15 is 0 Å².